The number of fused-ring (bicyclic) bond motifs is 2. The molecule has 0 saturated heterocycles. The summed E-state index contributed by atoms with van der Waals surface area (Å²) >= 11 is 0. The van der Waals surface area contributed by atoms with Gasteiger partial charge >= 0.3 is 5.97 Å². The van der Waals surface area contributed by atoms with Gasteiger partial charge in [0.05, 0.1) is 12.5 Å². The Labute approximate surface area is 109 Å². The fraction of sp³-hybridized carbons (Fsp3) is 0.800. The number of ether oxygens (including phenoxy) is 1. The maximum atomic E-state index is 11.3. The summed E-state index contributed by atoms with van der Waals surface area (Å²) in [5, 5.41) is 9.29. The summed E-state index contributed by atoms with van der Waals surface area (Å²) in [4.78, 5) is 11.3. The Hall–Kier alpha value is -0.830. The van der Waals surface area contributed by atoms with Crippen LogP contribution in [0.25, 0.3) is 0 Å². The van der Waals surface area contributed by atoms with E-state index < -0.39 is 5.97 Å². The maximum absolute atomic E-state index is 11.3. The lowest BCUT2D eigenvalue weighted by molar-refractivity contribution is -0.145. The molecule has 0 amide bonds. The Balaban J connectivity index is 1.72. The lowest BCUT2D eigenvalue weighted by Gasteiger charge is -2.24. The second kappa shape index (κ2) is 6.37. The van der Waals surface area contributed by atoms with E-state index in [1.54, 1.807) is 0 Å². The lowest BCUT2D eigenvalue weighted by atomic mass is 9.84. The van der Waals surface area contributed by atoms with Gasteiger partial charge in [0.1, 0.15) is 0 Å². The van der Waals surface area contributed by atoms with E-state index in [1.807, 2.05) is 0 Å². The van der Waals surface area contributed by atoms with Gasteiger partial charge in [-0.25, -0.2) is 0 Å². The molecule has 102 valence electrons. The van der Waals surface area contributed by atoms with Crippen LogP contribution < -0.4 is 0 Å². The molecule has 2 rings (SSSR count). The van der Waals surface area contributed by atoms with Crippen molar-refractivity contribution in [3.8, 4) is 0 Å². The van der Waals surface area contributed by atoms with Gasteiger partial charge in [-0.15, -0.1) is 0 Å². The minimum absolute atomic E-state index is 0.198. The second-order valence-electron chi connectivity index (χ2n) is 5.61. The molecule has 0 aromatic rings. The van der Waals surface area contributed by atoms with Gasteiger partial charge in [-0.05, 0) is 24.7 Å². The van der Waals surface area contributed by atoms with Gasteiger partial charge < -0.3 is 9.84 Å². The van der Waals surface area contributed by atoms with Gasteiger partial charge in [-0.2, -0.15) is 0 Å². The molecule has 0 aliphatic heterocycles. The van der Waals surface area contributed by atoms with E-state index in [9.17, 15) is 9.90 Å². The predicted molar refractivity (Wildman–Crippen MR) is 70.3 cm³/mol. The molecule has 1 N–H and O–H groups in total. The first-order valence-electron chi connectivity index (χ1n) is 7.23. The minimum Gasteiger partial charge on any atom is -0.481 e. The highest BCUT2D eigenvalue weighted by atomic mass is 16.5. The van der Waals surface area contributed by atoms with E-state index in [4.69, 9.17) is 4.74 Å². The Morgan fingerprint density at radius 2 is 2.06 bits per heavy atom. The SMILES string of the molecule is CCCCCCOCC1C2C=CC(C2)C1C(=O)O. The van der Waals surface area contributed by atoms with Crippen LogP contribution in [0.3, 0.4) is 0 Å². The summed E-state index contributed by atoms with van der Waals surface area (Å²) in [6.45, 7) is 3.60. The average molecular weight is 252 g/mol. The van der Waals surface area contributed by atoms with Crippen molar-refractivity contribution in [1.82, 2.24) is 0 Å². The predicted octanol–water partition coefficient (Wildman–Crippen LogP) is 3.11. The van der Waals surface area contributed by atoms with E-state index in [2.05, 4.69) is 19.1 Å². The number of allylic oxidation sites excluding steroid dienone is 2. The molecular formula is C15H24O3. The van der Waals surface area contributed by atoms with Crippen molar-refractivity contribution in [2.45, 2.75) is 39.0 Å². The molecule has 0 spiro atoms. The number of hydrogen-bond donors (Lipinski definition) is 1. The summed E-state index contributed by atoms with van der Waals surface area (Å²) in [7, 11) is 0. The van der Waals surface area contributed by atoms with E-state index >= 15 is 0 Å². The number of rotatable bonds is 8. The number of unbranched alkanes of at least 4 members (excludes halogenated alkanes) is 3. The quantitative estimate of drug-likeness (QED) is 0.533. The number of aliphatic carboxylic acids is 1. The number of hydrogen-bond acceptors (Lipinski definition) is 2. The first-order chi connectivity index (χ1) is 8.74. The smallest absolute Gasteiger partial charge is 0.307 e. The third kappa shape index (κ3) is 2.94. The molecule has 0 aromatic carbocycles. The lowest BCUT2D eigenvalue weighted by Crippen LogP contribution is -2.30. The van der Waals surface area contributed by atoms with Crippen LogP contribution >= 0.6 is 0 Å². The summed E-state index contributed by atoms with van der Waals surface area (Å²) in [5.74, 6) is 0.0266. The van der Waals surface area contributed by atoms with E-state index in [0.717, 1.165) is 19.4 Å². The van der Waals surface area contributed by atoms with E-state index in [1.165, 1.54) is 19.3 Å². The molecule has 3 nitrogen and oxygen atoms in total. The molecule has 4 atom stereocenters. The molecule has 2 bridgehead atoms. The van der Waals surface area contributed by atoms with Crippen molar-refractivity contribution in [2.24, 2.45) is 23.7 Å². The number of carbonyl (C=O) groups is 1. The topological polar surface area (TPSA) is 46.5 Å². The largest absolute Gasteiger partial charge is 0.481 e. The van der Waals surface area contributed by atoms with Gasteiger partial charge in [0, 0.05) is 12.5 Å². The Bertz CT molecular complexity index is 311. The second-order valence-corrected chi connectivity index (χ2v) is 5.61. The van der Waals surface area contributed by atoms with Crippen molar-refractivity contribution in [3.63, 3.8) is 0 Å². The fourth-order valence-electron chi connectivity index (χ4n) is 3.37. The van der Waals surface area contributed by atoms with Crippen LogP contribution in [0.4, 0.5) is 0 Å². The highest BCUT2D eigenvalue weighted by molar-refractivity contribution is 5.72. The highest BCUT2D eigenvalue weighted by Crippen LogP contribution is 2.48. The van der Waals surface area contributed by atoms with E-state index in [-0.39, 0.29) is 17.8 Å². The summed E-state index contributed by atoms with van der Waals surface area (Å²) in [6.07, 6.45) is 10.1. The molecule has 2 aliphatic carbocycles. The number of carboxylic acid groups (broad SMARTS) is 1. The zero-order valence-electron chi connectivity index (χ0n) is 11.2. The first-order valence-corrected chi connectivity index (χ1v) is 7.23. The molecule has 1 saturated carbocycles. The van der Waals surface area contributed by atoms with Crippen molar-refractivity contribution in [2.75, 3.05) is 13.2 Å². The Morgan fingerprint density at radius 3 is 2.78 bits per heavy atom. The fourth-order valence-corrected chi connectivity index (χ4v) is 3.37. The Morgan fingerprint density at radius 1 is 1.28 bits per heavy atom. The van der Waals surface area contributed by atoms with Crippen LogP contribution in [0.2, 0.25) is 0 Å². The zero-order valence-corrected chi connectivity index (χ0v) is 11.2. The van der Waals surface area contributed by atoms with Crippen LogP contribution in [-0.4, -0.2) is 24.3 Å². The highest BCUT2D eigenvalue weighted by Gasteiger charge is 2.48. The van der Waals surface area contributed by atoms with Gasteiger partial charge in [-0.3, -0.25) is 4.79 Å². The van der Waals surface area contributed by atoms with Crippen LogP contribution in [0.1, 0.15) is 39.0 Å². The van der Waals surface area contributed by atoms with Gasteiger partial charge in [0.25, 0.3) is 0 Å². The molecular weight excluding hydrogens is 228 g/mol. The Kier molecular flexibility index (Phi) is 4.81. The van der Waals surface area contributed by atoms with Crippen molar-refractivity contribution < 1.29 is 14.6 Å². The molecule has 0 radical (unpaired) electrons. The standard InChI is InChI=1S/C15H24O3/c1-2-3-4-5-8-18-10-13-11-6-7-12(9-11)14(13)15(16)17/h6-7,11-14H,2-5,8-10H2,1H3,(H,16,17). The molecule has 2 aliphatic rings. The zero-order chi connectivity index (χ0) is 13.0. The molecule has 0 aromatic heterocycles. The van der Waals surface area contributed by atoms with Gasteiger partial charge in [0.15, 0.2) is 0 Å². The van der Waals surface area contributed by atoms with Crippen LogP contribution in [0, 0.1) is 23.7 Å². The van der Waals surface area contributed by atoms with Crippen molar-refractivity contribution in [3.05, 3.63) is 12.2 Å². The van der Waals surface area contributed by atoms with Gasteiger partial charge in [-0.1, -0.05) is 38.3 Å². The third-order valence-electron chi connectivity index (χ3n) is 4.36. The van der Waals surface area contributed by atoms with Crippen molar-refractivity contribution in [1.29, 1.82) is 0 Å². The summed E-state index contributed by atoms with van der Waals surface area (Å²) in [6, 6.07) is 0. The molecule has 3 heteroatoms. The molecule has 1 fully saturated rings. The van der Waals surface area contributed by atoms with Crippen LogP contribution in [0.15, 0.2) is 12.2 Å². The summed E-state index contributed by atoms with van der Waals surface area (Å²) in [5.41, 5.74) is 0. The molecule has 18 heavy (non-hydrogen) atoms. The van der Waals surface area contributed by atoms with Gasteiger partial charge in [0.2, 0.25) is 0 Å². The maximum Gasteiger partial charge on any atom is 0.307 e. The van der Waals surface area contributed by atoms with Crippen LogP contribution in [0.5, 0.6) is 0 Å². The molecule has 0 heterocycles. The van der Waals surface area contributed by atoms with E-state index in [0.29, 0.717) is 12.5 Å². The monoisotopic (exact) mass is 252 g/mol. The minimum atomic E-state index is -0.647. The number of carboxylic acids is 1. The molecule has 4 unspecified atom stereocenters. The normalized spacial score (nSPS) is 33.2. The first kappa shape index (κ1) is 13.6. The van der Waals surface area contributed by atoms with Crippen LogP contribution in [-0.2, 0) is 9.53 Å². The van der Waals surface area contributed by atoms with Crippen molar-refractivity contribution >= 4 is 5.97 Å². The summed E-state index contributed by atoms with van der Waals surface area (Å²) < 4.78 is 5.70. The third-order valence-corrected chi connectivity index (χ3v) is 4.36. The average Bonchev–Trinajstić information content (AvgIpc) is 2.93.